The highest BCUT2D eigenvalue weighted by Gasteiger charge is 2.15. The van der Waals surface area contributed by atoms with E-state index in [0.29, 0.717) is 6.79 Å². The van der Waals surface area contributed by atoms with Crippen molar-refractivity contribution in [3.05, 3.63) is 30.5 Å². The third-order valence-corrected chi connectivity index (χ3v) is 2.12. The van der Waals surface area contributed by atoms with Crippen LogP contribution in [0.4, 0.5) is 0 Å². The summed E-state index contributed by atoms with van der Waals surface area (Å²) in [5.74, 6) is 1.62. The predicted octanol–water partition coefficient (Wildman–Crippen LogP) is 1.96. The van der Waals surface area contributed by atoms with Gasteiger partial charge in [0.2, 0.25) is 6.79 Å². The summed E-state index contributed by atoms with van der Waals surface area (Å²) >= 11 is 0. The molecule has 0 atom stereocenters. The van der Waals surface area contributed by atoms with Crippen molar-refractivity contribution in [2.24, 2.45) is 0 Å². The van der Waals surface area contributed by atoms with E-state index in [-0.39, 0.29) is 0 Å². The first-order valence-electron chi connectivity index (χ1n) is 4.08. The molecule has 0 spiro atoms. The van der Waals surface area contributed by atoms with Crippen molar-refractivity contribution in [1.82, 2.24) is 4.98 Å². The van der Waals surface area contributed by atoms with Crippen LogP contribution in [-0.2, 0) is 0 Å². The molecule has 3 nitrogen and oxygen atoms in total. The molecular weight excluding hydrogens is 166 g/mol. The van der Waals surface area contributed by atoms with Crippen LogP contribution in [0.3, 0.4) is 0 Å². The van der Waals surface area contributed by atoms with Crippen molar-refractivity contribution < 1.29 is 9.47 Å². The van der Waals surface area contributed by atoms with E-state index in [2.05, 4.69) is 4.98 Å². The van der Waals surface area contributed by atoms with Gasteiger partial charge in [0.05, 0.1) is 5.52 Å². The summed E-state index contributed by atoms with van der Waals surface area (Å²) in [7, 11) is 0. The smallest absolute Gasteiger partial charge is 0.231 e. The van der Waals surface area contributed by atoms with Crippen molar-refractivity contribution in [1.29, 1.82) is 0 Å². The molecule has 0 fully saturated rings. The summed E-state index contributed by atoms with van der Waals surface area (Å²) in [5, 5.41) is 1.01. The number of ether oxygens (including phenoxy) is 2. The van der Waals surface area contributed by atoms with Crippen LogP contribution >= 0.6 is 0 Å². The van der Waals surface area contributed by atoms with Crippen molar-refractivity contribution in [2.75, 3.05) is 6.79 Å². The van der Waals surface area contributed by atoms with Gasteiger partial charge in [-0.15, -0.1) is 0 Å². The van der Waals surface area contributed by atoms with E-state index in [1.165, 1.54) is 0 Å². The average Bonchev–Trinajstić information content (AvgIpc) is 2.65. The molecule has 0 amide bonds. The minimum atomic E-state index is 0.309. The summed E-state index contributed by atoms with van der Waals surface area (Å²) in [6.45, 7) is 0.309. The van der Waals surface area contributed by atoms with Gasteiger partial charge in [-0.2, -0.15) is 0 Å². The fraction of sp³-hybridized carbons (Fsp3) is 0.100. The normalized spacial score (nSPS) is 13.5. The summed E-state index contributed by atoms with van der Waals surface area (Å²) in [6, 6.07) is 7.70. The van der Waals surface area contributed by atoms with Gasteiger partial charge in [0.1, 0.15) is 0 Å². The van der Waals surface area contributed by atoms with Crippen LogP contribution in [0.25, 0.3) is 10.9 Å². The molecule has 0 N–H and O–H groups in total. The molecule has 0 saturated heterocycles. The monoisotopic (exact) mass is 173 g/mol. The summed E-state index contributed by atoms with van der Waals surface area (Å²) in [6.07, 6.45) is 1.77. The Morgan fingerprint density at radius 3 is 3.15 bits per heavy atom. The van der Waals surface area contributed by atoms with E-state index in [9.17, 15) is 0 Å². The van der Waals surface area contributed by atoms with E-state index < -0.39 is 0 Å². The van der Waals surface area contributed by atoms with Crippen LogP contribution in [0.15, 0.2) is 30.5 Å². The second kappa shape index (κ2) is 2.36. The molecule has 0 unspecified atom stereocenters. The zero-order valence-electron chi connectivity index (χ0n) is 6.86. The highest BCUT2D eigenvalue weighted by Crippen LogP contribution is 2.37. The molecule has 1 aliphatic heterocycles. The zero-order chi connectivity index (χ0) is 8.67. The van der Waals surface area contributed by atoms with Crippen LogP contribution < -0.4 is 9.47 Å². The Bertz CT molecular complexity index is 467. The molecule has 0 aliphatic carbocycles. The second-order valence-corrected chi connectivity index (χ2v) is 2.87. The molecule has 1 aromatic carbocycles. The van der Waals surface area contributed by atoms with Gasteiger partial charge >= 0.3 is 0 Å². The molecule has 0 bridgehead atoms. The Kier molecular flexibility index (Phi) is 1.22. The van der Waals surface area contributed by atoms with Gasteiger partial charge in [0.15, 0.2) is 11.5 Å². The van der Waals surface area contributed by atoms with E-state index in [1.807, 2.05) is 24.3 Å². The first kappa shape index (κ1) is 6.71. The number of fused-ring (bicyclic) bond motifs is 3. The van der Waals surface area contributed by atoms with Gasteiger partial charge in [-0.3, -0.25) is 4.98 Å². The van der Waals surface area contributed by atoms with Crippen LogP contribution in [0.2, 0.25) is 0 Å². The third-order valence-electron chi connectivity index (χ3n) is 2.12. The van der Waals surface area contributed by atoms with Gasteiger partial charge in [-0.05, 0) is 24.3 Å². The number of nitrogens with zero attached hydrogens (tertiary/aromatic N) is 1. The molecule has 13 heavy (non-hydrogen) atoms. The van der Waals surface area contributed by atoms with Gasteiger partial charge < -0.3 is 9.47 Å². The molecular formula is C10H7NO2. The molecule has 2 heterocycles. The molecule has 1 aromatic heterocycles. The van der Waals surface area contributed by atoms with Gasteiger partial charge in [-0.25, -0.2) is 0 Å². The molecule has 3 rings (SSSR count). The molecule has 0 radical (unpaired) electrons. The van der Waals surface area contributed by atoms with Crippen LogP contribution in [0.1, 0.15) is 0 Å². The maximum atomic E-state index is 5.35. The fourth-order valence-electron chi connectivity index (χ4n) is 1.52. The first-order chi connectivity index (χ1) is 6.45. The van der Waals surface area contributed by atoms with Crippen molar-refractivity contribution in [3.8, 4) is 11.5 Å². The number of pyridine rings is 1. The Morgan fingerprint density at radius 2 is 2.15 bits per heavy atom. The largest absolute Gasteiger partial charge is 0.454 e. The minimum absolute atomic E-state index is 0.309. The lowest BCUT2D eigenvalue weighted by Gasteiger charge is -1.99. The highest BCUT2D eigenvalue weighted by molar-refractivity contribution is 5.88. The van der Waals surface area contributed by atoms with Crippen molar-refractivity contribution in [2.45, 2.75) is 0 Å². The number of hydrogen-bond donors (Lipinski definition) is 0. The number of benzene rings is 1. The molecule has 2 aromatic rings. The Balaban J connectivity index is 2.43. The van der Waals surface area contributed by atoms with E-state index in [0.717, 1.165) is 22.4 Å². The SMILES string of the molecule is c1cnc2ccc3c(c2c1)OCO3. The topological polar surface area (TPSA) is 31.4 Å². The van der Waals surface area contributed by atoms with Crippen molar-refractivity contribution in [3.63, 3.8) is 0 Å². The minimum Gasteiger partial charge on any atom is -0.454 e. The Labute approximate surface area is 74.9 Å². The average molecular weight is 173 g/mol. The number of hydrogen-bond acceptors (Lipinski definition) is 3. The van der Waals surface area contributed by atoms with Gasteiger partial charge in [0, 0.05) is 11.6 Å². The van der Waals surface area contributed by atoms with E-state index in [1.54, 1.807) is 6.20 Å². The quantitative estimate of drug-likeness (QED) is 0.610. The van der Waals surface area contributed by atoms with Crippen molar-refractivity contribution >= 4 is 10.9 Å². The lowest BCUT2D eigenvalue weighted by atomic mass is 10.2. The summed E-state index contributed by atoms with van der Waals surface area (Å²) < 4.78 is 10.6. The highest BCUT2D eigenvalue weighted by atomic mass is 16.7. The maximum absolute atomic E-state index is 5.35. The van der Waals surface area contributed by atoms with Crippen LogP contribution in [-0.4, -0.2) is 11.8 Å². The summed E-state index contributed by atoms with van der Waals surface area (Å²) in [4.78, 5) is 4.22. The third kappa shape index (κ3) is 0.869. The van der Waals surface area contributed by atoms with Crippen LogP contribution in [0, 0.1) is 0 Å². The lowest BCUT2D eigenvalue weighted by molar-refractivity contribution is 0.175. The fourth-order valence-corrected chi connectivity index (χ4v) is 1.52. The number of rotatable bonds is 0. The van der Waals surface area contributed by atoms with E-state index in [4.69, 9.17) is 9.47 Å². The maximum Gasteiger partial charge on any atom is 0.231 e. The molecule has 0 saturated carbocycles. The molecule has 3 heteroatoms. The predicted molar refractivity (Wildman–Crippen MR) is 47.9 cm³/mol. The lowest BCUT2D eigenvalue weighted by Crippen LogP contribution is -1.93. The second-order valence-electron chi connectivity index (χ2n) is 2.87. The Morgan fingerprint density at radius 1 is 1.15 bits per heavy atom. The standard InChI is InChI=1S/C10H7NO2/c1-2-7-8(11-5-1)3-4-9-10(7)13-6-12-9/h1-5H,6H2. The Hall–Kier alpha value is -1.77. The van der Waals surface area contributed by atoms with Gasteiger partial charge in [-0.1, -0.05) is 0 Å². The van der Waals surface area contributed by atoms with Gasteiger partial charge in [0.25, 0.3) is 0 Å². The number of aromatic nitrogens is 1. The van der Waals surface area contributed by atoms with E-state index >= 15 is 0 Å². The summed E-state index contributed by atoms with van der Waals surface area (Å²) in [5.41, 5.74) is 0.937. The zero-order valence-corrected chi connectivity index (χ0v) is 6.86. The van der Waals surface area contributed by atoms with Crippen LogP contribution in [0.5, 0.6) is 11.5 Å². The molecule has 64 valence electrons. The molecule has 1 aliphatic rings. The first-order valence-corrected chi connectivity index (χ1v) is 4.08.